The van der Waals surface area contributed by atoms with Crippen LogP contribution in [0.4, 0.5) is 10.3 Å². The molecule has 0 saturated carbocycles. The smallest absolute Gasteiger partial charge is 0.241 e. The number of ether oxygens (including phenoxy) is 1. The Morgan fingerprint density at radius 2 is 2.06 bits per heavy atom. The highest BCUT2D eigenvalue weighted by atomic mass is 35.5. The predicted octanol–water partition coefficient (Wildman–Crippen LogP) is 4.78. The molecule has 0 spiro atoms. The number of carbonyl (C=O) groups is 1. The highest BCUT2D eigenvalue weighted by molar-refractivity contribution is 6.31. The number of aromatic nitrogens is 3. The van der Waals surface area contributed by atoms with E-state index < -0.39 is 5.82 Å². The fraction of sp³-hybridized carbons (Fsp3) is 0.0909. The minimum atomic E-state index is -0.558. The van der Waals surface area contributed by atoms with Crippen molar-refractivity contribution in [1.29, 1.82) is 0 Å². The van der Waals surface area contributed by atoms with E-state index in [1.807, 2.05) is 0 Å². The van der Waals surface area contributed by atoms with E-state index in [9.17, 15) is 9.18 Å². The van der Waals surface area contributed by atoms with Crippen molar-refractivity contribution in [2.45, 2.75) is 6.42 Å². The molecule has 2 heterocycles. The van der Waals surface area contributed by atoms with Gasteiger partial charge in [0.1, 0.15) is 23.6 Å². The van der Waals surface area contributed by atoms with Crippen LogP contribution in [0.3, 0.4) is 0 Å². The summed E-state index contributed by atoms with van der Waals surface area (Å²) in [5.41, 5.74) is 1.76. The maximum atomic E-state index is 14.7. The average Bonchev–Trinajstić information content (AvgIpc) is 3.18. The largest absolute Gasteiger partial charge is 0.497 e. The molecule has 1 N–H and O–H groups in total. The van der Waals surface area contributed by atoms with Crippen LogP contribution >= 0.6 is 11.6 Å². The van der Waals surface area contributed by atoms with Crippen LogP contribution in [-0.2, 0) is 11.2 Å². The van der Waals surface area contributed by atoms with Crippen LogP contribution in [0, 0.1) is 5.82 Å². The fourth-order valence-electron chi connectivity index (χ4n) is 3.04. The number of halogens is 2. The van der Waals surface area contributed by atoms with E-state index in [4.69, 9.17) is 20.9 Å². The molecular weight excluding hydrogens is 423 g/mol. The molecule has 7 nitrogen and oxygen atoms in total. The summed E-state index contributed by atoms with van der Waals surface area (Å²) in [7, 11) is 1.45. The summed E-state index contributed by atoms with van der Waals surface area (Å²) in [6.45, 7) is 0. The normalized spacial score (nSPS) is 10.7. The van der Waals surface area contributed by atoms with Crippen LogP contribution in [0.25, 0.3) is 22.5 Å². The van der Waals surface area contributed by atoms with E-state index in [1.165, 1.54) is 31.8 Å². The number of amides is 1. The lowest BCUT2D eigenvalue weighted by molar-refractivity contribution is -0.115. The Morgan fingerprint density at radius 1 is 1.23 bits per heavy atom. The number of rotatable bonds is 6. The summed E-state index contributed by atoms with van der Waals surface area (Å²) in [5, 5.41) is 7.16. The average molecular weight is 439 g/mol. The van der Waals surface area contributed by atoms with E-state index in [0.29, 0.717) is 27.6 Å². The highest BCUT2D eigenvalue weighted by Gasteiger charge is 2.24. The number of methoxy groups -OCH3 is 1. The lowest BCUT2D eigenvalue weighted by atomic mass is 10.0. The molecule has 9 heteroatoms. The van der Waals surface area contributed by atoms with Gasteiger partial charge in [-0.05, 0) is 29.8 Å². The third kappa shape index (κ3) is 4.39. The van der Waals surface area contributed by atoms with Crippen LogP contribution in [0.5, 0.6) is 5.75 Å². The van der Waals surface area contributed by atoms with Gasteiger partial charge in [-0.1, -0.05) is 35.0 Å². The first-order valence-electron chi connectivity index (χ1n) is 9.20. The Bertz CT molecular complexity index is 1230. The van der Waals surface area contributed by atoms with Gasteiger partial charge in [0.05, 0.1) is 24.8 Å². The first kappa shape index (κ1) is 20.5. The lowest BCUT2D eigenvalue weighted by Crippen LogP contribution is -2.14. The molecule has 0 saturated heterocycles. The van der Waals surface area contributed by atoms with Gasteiger partial charge in [-0.2, -0.15) is 0 Å². The standard InChI is InChI=1S/C22H16ClFN4O3/c1-30-14-6-7-15(17(24)11-14)21-20(18-8-9-25-12-26-18)22(31-28-21)27-19(29)10-13-4-2-3-5-16(13)23/h2-9,11-12H,10H2,1H3,(H,27,29). The molecular formula is C22H16ClFN4O3. The van der Waals surface area contributed by atoms with E-state index >= 15 is 0 Å². The van der Waals surface area contributed by atoms with Crippen molar-refractivity contribution in [3.8, 4) is 28.3 Å². The van der Waals surface area contributed by atoms with Gasteiger partial charge >= 0.3 is 0 Å². The number of hydrogen-bond donors (Lipinski definition) is 1. The topological polar surface area (TPSA) is 90.1 Å². The van der Waals surface area contributed by atoms with Crippen LogP contribution in [-0.4, -0.2) is 28.1 Å². The molecule has 0 fully saturated rings. The summed E-state index contributed by atoms with van der Waals surface area (Å²) >= 11 is 6.14. The van der Waals surface area contributed by atoms with Gasteiger partial charge in [-0.25, -0.2) is 14.4 Å². The van der Waals surface area contributed by atoms with Gasteiger partial charge in [0.25, 0.3) is 0 Å². The Labute approximate surface area is 181 Å². The van der Waals surface area contributed by atoms with Gasteiger partial charge in [-0.15, -0.1) is 0 Å². The van der Waals surface area contributed by atoms with Gasteiger partial charge in [0.2, 0.25) is 11.8 Å². The molecule has 0 atom stereocenters. The van der Waals surface area contributed by atoms with Gasteiger partial charge in [-0.3, -0.25) is 10.1 Å². The maximum absolute atomic E-state index is 14.7. The van der Waals surface area contributed by atoms with Gasteiger partial charge < -0.3 is 9.26 Å². The second-order valence-electron chi connectivity index (χ2n) is 6.49. The Kier molecular flexibility index (Phi) is 5.90. The minimum Gasteiger partial charge on any atom is -0.497 e. The summed E-state index contributed by atoms with van der Waals surface area (Å²) in [4.78, 5) is 20.7. The van der Waals surface area contributed by atoms with Crippen molar-refractivity contribution >= 4 is 23.4 Å². The number of nitrogens with zero attached hydrogens (tertiary/aromatic N) is 3. The Hall–Kier alpha value is -3.78. The maximum Gasteiger partial charge on any atom is 0.241 e. The van der Waals surface area contributed by atoms with Crippen LogP contribution in [0.1, 0.15) is 5.56 Å². The lowest BCUT2D eigenvalue weighted by Gasteiger charge is -2.07. The van der Waals surface area contributed by atoms with Crippen LogP contribution < -0.4 is 10.1 Å². The fourth-order valence-corrected chi connectivity index (χ4v) is 3.24. The van der Waals surface area contributed by atoms with Gasteiger partial charge in [0.15, 0.2) is 0 Å². The number of hydrogen-bond acceptors (Lipinski definition) is 6. The molecule has 156 valence electrons. The van der Waals surface area contributed by atoms with E-state index in [-0.39, 0.29) is 29.5 Å². The van der Waals surface area contributed by atoms with Crippen molar-refractivity contribution < 1.29 is 18.4 Å². The first-order valence-corrected chi connectivity index (χ1v) is 9.58. The molecule has 4 rings (SSSR count). The molecule has 0 unspecified atom stereocenters. The molecule has 4 aromatic rings. The molecule has 2 aromatic carbocycles. The van der Waals surface area contributed by atoms with Crippen molar-refractivity contribution in [2.75, 3.05) is 12.4 Å². The third-order valence-corrected chi connectivity index (χ3v) is 4.89. The van der Waals surface area contributed by atoms with E-state index in [2.05, 4.69) is 20.4 Å². The number of benzene rings is 2. The van der Waals surface area contributed by atoms with Crippen LogP contribution in [0.15, 0.2) is 65.6 Å². The first-order chi connectivity index (χ1) is 15.1. The van der Waals surface area contributed by atoms with Crippen molar-refractivity contribution in [2.24, 2.45) is 0 Å². The van der Waals surface area contributed by atoms with Gasteiger partial charge in [0, 0.05) is 22.8 Å². The monoisotopic (exact) mass is 438 g/mol. The zero-order valence-electron chi connectivity index (χ0n) is 16.3. The Balaban J connectivity index is 1.72. The quantitative estimate of drug-likeness (QED) is 0.466. The third-order valence-electron chi connectivity index (χ3n) is 4.52. The molecule has 31 heavy (non-hydrogen) atoms. The molecule has 0 aliphatic carbocycles. The summed E-state index contributed by atoms with van der Waals surface area (Å²) in [6, 6.07) is 13.0. The summed E-state index contributed by atoms with van der Waals surface area (Å²) in [6.07, 6.45) is 2.89. The van der Waals surface area contributed by atoms with Crippen molar-refractivity contribution in [3.63, 3.8) is 0 Å². The second kappa shape index (κ2) is 8.93. The molecule has 0 aliphatic heterocycles. The summed E-state index contributed by atoms with van der Waals surface area (Å²) < 4.78 is 25.2. The second-order valence-corrected chi connectivity index (χ2v) is 6.90. The molecule has 0 aliphatic rings. The van der Waals surface area contributed by atoms with E-state index in [0.717, 1.165) is 0 Å². The molecule has 0 radical (unpaired) electrons. The van der Waals surface area contributed by atoms with Crippen molar-refractivity contribution in [3.05, 3.63) is 77.5 Å². The zero-order chi connectivity index (χ0) is 21.8. The molecule has 0 bridgehead atoms. The van der Waals surface area contributed by atoms with E-state index in [1.54, 1.807) is 36.4 Å². The molecule has 1 amide bonds. The number of nitrogens with one attached hydrogen (secondary N) is 1. The Morgan fingerprint density at radius 3 is 2.77 bits per heavy atom. The van der Waals surface area contributed by atoms with Crippen LogP contribution in [0.2, 0.25) is 5.02 Å². The highest BCUT2D eigenvalue weighted by Crippen LogP contribution is 2.38. The summed E-state index contributed by atoms with van der Waals surface area (Å²) in [5.74, 6) is -0.527. The minimum absolute atomic E-state index is 0.0236. The zero-order valence-corrected chi connectivity index (χ0v) is 17.1. The molecule has 2 aromatic heterocycles. The number of carbonyl (C=O) groups excluding carboxylic acids is 1. The predicted molar refractivity (Wildman–Crippen MR) is 113 cm³/mol. The number of anilines is 1. The van der Waals surface area contributed by atoms with Crippen molar-refractivity contribution in [1.82, 2.24) is 15.1 Å². The SMILES string of the molecule is COc1ccc(-c2noc(NC(=O)Cc3ccccc3Cl)c2-c2ccncn2)c(F)c1.